The molecule has 0 aliphatic carbocycles. The number of rotatable bonds is 11. The molecule has 3 nitrogen and oxygen atoms in total. The highest BCUT2D eigenvalue weighted by Crippen LogP contribution is 2.14. The van der Waals surface area contributed by atoms with Crippen molar-refractivity contribution in [2.45, 2.75) is 83.8 Å². The Hall–Kier alpha value is -0.410. The highest BCUT2D eigenvalue weighted by atomic mass is 16.5. The lowest BCUT2D eigenvalue weighted by Crippen LogP contribution is -2.37. The zero-order valence-electron chi connectivity index (χ0n) is 11.4. The van der Waals surface area contributed by atoms with Gasteiger partial charge in [-0.1, -0.05) is 58.8 Å². The first-order valence-corrected chi connectivity index (χ1v) is 7.02. The number of carbonyl (C=O) groups excluding carboxylic acids is 1. The zero-order valence-corrected chi connectivity index (χ0v) is 11.4. The summed E-state index contributed by atoms with van der Waals surface area (Å²) in [5.41, 5.74) is 0. The molecule has 0 aromatic heterocycles. The van der Waals surface area contributed by atoms with Crippen molar-refractivity contribution in [3.8, 4) is 0 Å². The van der Waals surface area contributed by atoms with E-state index in [0.717, 1.165) is 19.3 Å². The summed E-state index contributed by atoms with van der Waals surface area (Å²) in [6, 6.07) is 0. The van der Waals surface area contributed by atoms with E-state index in [9.17, 15) is 15.0 Å². The Balaban J connectivity index is 3.37. The van der Waals surface area contributed by atoms with Gasteiger partial charge in [-0.25, -0.2) is 0 Å². The number of aliphatic hydroxyl groups is 2. The number of Topliss-reactive ketones (excluding diaryl/α,β-unsaturated/α-hetero) is 1. The monoisotopic (exact) mass is 244 g/mol. The minimum atomic E-state index is -2.10. The van der Waals surface area contributed by atoms with Crippen LogP contribution in [0.4, 0.5) is 0 Å². The van der Waals surface area contributed by atoms with Crippen molar-refractivity contribution >= 4 is 5.78 Å². The molecule has 0 atom stereocenters. The molecule has 0 radical (unpaired) electrons. The number of unbranched alkanes of at least 4 members (excludes halogenated alkanes) is 7. The molecule has 3 heteroatoms. The Kier molecular flexibility index (Phi) is 9.37. The van der Waals surface area contributed by atoms with Crippen LogP contribution < -0.4 is 0 Å². The van der Waals surface area contributed by atoms with E-state index in [1.54, 1.807) is 6.92 Å². The predicted octanol–water partition coefficient (Wildman–Crippen LogP) is 3.18. The van der Waals surface area contributed by atoms with Gasteiger partial charge in [0, 0.05) is 12.8 Å². The molecule has 0 aromatic rings. The standard InChI is InChI=1S/C14H28O3/c1-3-5-6-7-8-9-10-11-12-13(15)14(16,17)4-2/h16-17H,3-12H2,1-2H3. The van der Waals surface area contributed by atoms with Crippen molar-refractivity contribution in [3.05, 3.63) is 0 Å². The van der Waals surface area contributed by atoms with Crippen LogP contribution >= 0.6 is 0 Å². The van der Waals surface area contributed by atoms with Gasteiger partial charge in [0.15, 0.2) is 5.78 Å². The summed E-state index contributed by atoms with van der Waals surface area (Å²) in [6.07, 6.45) is 9.68. The fourth-order valence-corrected chi connectivity index (χ4v) is 1.82. The maximum atomic E-state index is 11.4. The molecule has 0 amide bonds. The van der Waals surface area contributed by atoms with Crippen LogP contribution in [0, 0.1) is 0 Å². The maximum Gasteiger partial charge on any atom is 0.223 e. The maximum absolute atomic E-state index is 11.4. The normalized spacial score (nSPS) is 11.8. The first-order chi connectivity index (χ1) is 8.04. The van der Waals surface area contributed by atoms with Crippen molar-refractivity contribution in [3.63, 3.8) is 0 Å². The molecule has 0 aliphatic rings. The SMILES string of the molecule is CCCCCCCCCCC(=O)C(O)(O)CC. The van der Waals surface area contributed by atoms with Gasteiger partial charge in [0.2, 0.25) is 5.79 Å². The molecule has 0 unspecified atom stereocenters. The molecule has 0 spiro atoms. The molecular weight excluding hydrogens is 216 g/mol. The van der Waals surface area contributed by atoms with Crippen molar-refractivity contribution in [1.82, 2.24) is 0 Å². The summed E-state index contributed by atoms with van der Waals surface area (Å²) in [5, 5.41) is 18.6. The summed E-state index contributed by atoms with van der Waals surface area (Å²) in [6.45, 7) is 3.81. The van der Waals surface area contributed by atoms with Gasteiger partial charge in [0.1, 0.15) is 0 Å². The second-order valence-electron chi connectivity index (χ2n) is 4.82. The average molecular weight is 244 g/mol. The van der Waals surface area contributed by atoms with Crippen LogP contribution in [0.3, 0.4) is 0 Å². The van der Waals surface area contributed by atoms with Gasteiger partial charge < -0.3 is 10.2 Å². The molecule has 17 heavy (non-hydrogen) atoms. The van der Waals surface area contributed by atoms with Gasteiger partial charge in [-0.2, -0.15) is 0 Å². The Labute approximate surface area is 105 Å². The van der Waals surface area contributed by atoms with E-state index in [1.165, 1.54) is 32.1 Å². The van der Waals surface area contributed by atoms with Crippen LogP contribution in [0.2, 0.25) is 0 Å². The van der Waals surface area contributed by atoms with Crippen LogP contribution in [0.15, 0.2) is 0 Å². The fourth-order valence-electron chi connectivity index (χ4n) is 1.82. The summed E-state index contributed by atoms with van der Waals surface area (Å²) in [5.74, 6) is -2.54. The van der Waals surface area contributed by atoms with E-state index in [1.807, 2.05) is 0 Å². The topological polar surface area (TPSA) is 57.5 Å². The summed E-state index contributed by atoms with van der Waals surface area (Å²) in [7, 11) is 0. The predicted molar refractivity (Wildman–Crippen MR) is 69.7 cm³/mol. The third-order valence-electron chi connectivity index (χ3n) is 3.20. The second kappa shape index (κ2) is 9.60. The van der Waals surface area contributed by atoms with Gasteiger partial charge in [-0.3, -0.25) is 4.79 Å². The summed E-state index contributed by atoms with van der Waals surface area (Å²) >= 11 is 0. The molecule has 2 N–H and O–H groups in total. The van der Waals surface area contributed by atoms with Crippen molar-refractivity contribution in [1.29, 1.82) is 0 Å². The molecular formula is C14H28O3. The fraction of sp³-hybridized carbons (Fsp3) is 0.929. The van der Waals surface area contributed by atoms with Crippen LogP contribution in [0.1, 0.15) is 78.1 Å². The van der Waals surface area contributed by atoms with E-state index in [2.05, 4.69) is 6.92 Å². The van der Waals surface area contributed by atoms with E-state index in [4.69, 9.17) is 0 Å². The van der Waals surface area contributed by atoms with Gasteiger partial charge in [-0.05, 0) is 6.42 Å². The Morgan fingerprint density at radius 2 is 1.35 bits per heavy atom. The minimum Gasteiger partial charge on any atom is -0.360 e. The Bertz CT molecular complexity index is 200. The lowest BCUT2D eigenvalue weighted by Gasteiger charge is -2.17. The smallest absolute Gasteiger partial charge is 0.223 e. The minimum absolute atomic E-state index is 0.0723. The number of ketones is 1. The third-order valence-corrected chi connectivity index (χ3v) is 3.20. The largest absolute Gasteiger partial charge is 0.360 e. The van der Waals surface area contributed by atoms with Crippen molar-refractivity contribution < 1.29 is 15.0 Å². The Morgan fingerprint density at radius 3 is 1.82 bits per heavy atom. The molecule has 0 saturated heterocycles. The molecule has 0 aromatic carbocycles. The van der Waals surface area contributed by atoms with Crippen LogP contribution in [-0.2, 0) is 4.79 Å². The quantitative estimate of drug-likeness (QED) is 0.433. The highest BCUT2D eigenvalue weighted by molar-refractivity contribution is 5.85. The van der Waals surface area contributed by atoms with Gasteiger partial charge >= 0.3 is 0 Å². The van der Waals surface area contributed by atoms with E-state index in [-0.39, 0.29) is 12.8 Å². The summed E-state index contributed by atoms with van der Waals surface area (Å²) < 4.78 is 0. The lowest BCUT2D eigenvalue weighted by molar-refractivity contribution is -0.183. The van der Waals surface area contributed by atoms with E-state index < -0.39 is 11.6 Å². The third kappa shape index (κ3) is 8.33. The van der Waals surface area contributed by atoms with Crippen molar-refractivity contribution in [2.75, 3.05) is 0 Å². The zero-order chi connectivity index (χ0) is 13.1. The molecule has 102 valence electrons. The summed E-state index contributed by atoms with van der Waals surface area (Å²) in [4.78, 5) is 11.4. The first kappa shape index (κ1) is 16.6. The molecule has 0 bridgehead atoms. The molecule has 0 rings (SSSR count). The lowest BCUT2D eigenvalue weighted by atomic mass is 10.0. The number of hydrogen-bond donors (Lipinski definition) is 2. The van der Waals surface area contributed by atoms with E-state index in [0.29, 0.717) is 0 Å². The van der Waals surface area contributed by atoms with Gasteiger partial charge in [0.25, 0.3) is 0 Å². The first-order valence-electron chi connectivity index (χ1n) is 7.02. The van der Waals surface area contributed by atoms with Gasteiger partial charge in [-0.15, -0.1) is 0 Å². The Morgan fingerprint density at radius 1 is 0.882 bits per heavy atom. The van der Waals surface area contributed by atoms with E-state index >= 15 is 0 Å². The molecule has 0 fully saturated rings. The number of carbonyl (C=O) groups is 1. The van der Waals surface area contributed by atoms with Crippen LogP contribution in [0.25, 0.3) is 0 Å². The van der Waals surface area contributed by atoms with Gasteiger partial charge in [0.05, 0.1) is 0 Å². The van der Waals surface area contributed by atoms with Crippen molar-refractivity contribution in [2.24, 2.45) is 0 Å². The van der Waals surface area contributed by atoms with Crippen LogP contribution in [0.5, 0.6) is 0 Å². The van der Waals surface area contributed by atoms with Crippen LogP contribution in [-0.4, -0.2) is 21.8 Å². The molecule has 0 aliphatic heterocycles. The average Bonchev–Trinajstić information content (AvgIpc) is 2.32. The molecule has 0 heterocycles. The second-order valence-corrected chi connectivity index (χ2v) is 4.82. The highest BCUT2D eigenvalue weighted by Gasteiger charge is 2.29. The molecule has 0 saturated carbocycles. The number of hydrogen-bond acceptors (Lipinski definition) is 3.